The molecule has 0 aliphatic heterocycles. The number of Topliss-reactive ketones (excluding diaryl/α,β-unsaturated/α-hetero) is 1. The van der Waals surface area contributed by atoms with Gasteiger partial charge in [-0.3, -0.25) is 4.79 Å². The first-order valence-corrected chi connectivity index (χ1v) is 10.2. The highest BCUT2D eigenvalue weighted by Crippen LogP contribution is 2.22. The monoisotopic (exact) mass is 370 g/mol. The van der Waals surface area contributed by atoms with Gasteiger partial charge in [0.1, 0.15) is 0 Å². The van der Waals surface area contributed by atoms with Crippen LogP contribution in [0.1, 0.15) is 30.1 Å². The second-order valence-electron chi connectivity index (χ2n) is 5.25. The molecule has 1 rings (SSSR count). The first-order chi connectivity index (χ1) is 12.1. The highest BCUT2D eigenvalue weighted by atomic mass is 32.2. The van der Waals surface area contributed by atoms with E-state index in [1.807, 2.05) is 55.5 Å². The molecule has 1 aromatic carbocycles. The van der Waals surface area contributed by atoms with Crippen molar-refractivity contribution in [2.75, 3.05) is 11.5 Å². The van der Waals surface area contributed by atoms with Gasteiger partial charge in [0, 0.05) is 32.4 Å². The lowest BCUT2D eigenvalue weighted by Crippen LogP contribution is -2.00. The van der Waals surface area contributed by atoms with Crippen LogP contribution in [0.3, 0.4) is 0 Å². The molecule has 0 saturated heterocycles. The SMILES string of the molecule is C=CCCSC(/C=C\C(=C)C(=O)c1ccc(SCCC=C)cc1)=C/C. The molecule has 1 aromatic rings. The average Bonchev–Trinajstić information content (AvgIpc) is 2.64. The van der Waals surface area contributed by atoms with Gasteiger partial charge in [-0.2, -0.15) is 0 Å². The van der Waals surface area contributed by atoms with Crippen molar-refractivity contribution in [3.63, 3.8) is 0 Å². The lowest BCUT2D eigenvalue weighted by atomic mass is 10.0. The van der Waals surface area contributed by atoms with Gasteiger partial charge in [0.25, 0.3) is 0 Å². The first kappa shape index (κ1) is 21.3. The van der Waals surface area contributed by atoms with Crippen molar-refractivity contribution in [2.45, 2.75) is 24.7 Å². The molecule has 0 aromatic heterocycles. The lowest BCUT2D eigenvalue weighted by Gasteiger charge is -2.04. The van der Waals surface area contributed by atoms with Gasteiger partial charge < -0.3 is 0 Å². The molecule has 0 aliphatic carbocycles. The van der Waals surface area contributed by atoms with Gasteiger partial charge in [0.05, 0.1) is 0 Å². The molecule has 1 nitrogen and oxygen atoms in total. The van der Waals surface area contributed by atoms with Crippen LogP contribution >= 0.6 is 23.5 Å². The van der Waals surface area contributed by atoms with Gasteiger partial charge in [-0.25, -0.2) is 0 Å². The Morgan fingerprint density at radius 2 is 1.68 bits per heavy atom. The second kappa shape index (κ2) is 12.6. The van der Waals surface area contributed by atoms with Crippen LogP contribution in [0.25, 0.3) is 0 Å². The number of benzene rings is 1. The highest BCUT2D eigenvalue weighted by molar-refractivity contribution is 8.03. The van der Waals surface area contributed by atoms with Gasteiger partial charge in [0.2, 0.25) is 0 Å². The van der Waals surface area contributed by atoms with Gasteiger partial charge in [0.15, 0.2) is 5.78 Å². The van der Waals surface area contributed by atoms with Crippen LogP contribution in [0.15, 0.2) is 89.8 Å². The van der Waals surface area contributed by atoms with Crippen LogP contribution in [-0.4, -0.2) is 17.3 Å². The molecular weight excluding hydrogens is 344 g/mol. The van der Waals surface area contributed by atoms with Crippen molar-refractivity contribution in [3.8, 4) is 0 Å². The summed E-state index contributed by atoms with van der Waals surface area (Å²) >= 11 is 3.51. The largest absolute Gasteiger partial charge is 0.289 e. The Balaban J connectivity index is 2.62. The Labute approximate surface area is 160 Å². The van der Waals surface area contributed by atoms with Crippen LogP contribution < -0.4 is 0 Å². The van der Waals surface area contributed by atoms with Gasteiger partial charge in [-0.1, -0.05) is 30.9 Å². The fourth-order valence-electron chi connectivity index (χ4n) is 1.89. The van der Waals surface area contributed by atoms with Crippen molar-refractivity contribution in [1.82, 2.24) is 0 Å². The summed E-state index contributed by atoms with van der Waals surface area (Å²) in [5.74, 6) is 1.95. The van der Waals surface area contributed by atoms with Gasteiger partial charge in [-0.05, 0) is 50.1 Å². The zero-order chi connectivity index (χ0) is 18.5. The predicted molar refractivity (Wildman–Crippen MR) is 116 cm³/mol. The second-order valence-corrected chi connectivity index (χ2v) is 7.59. The zero-order valence-electron chi connectivity index (χ0n) is 14.9. The Hall–Kier alpha value is -1.71. The minimum Gasteiger partial charge on any atom is -0.289 e. The van der Waals surface area contributed by atoms with E-state index in [9.17, 15) is 4.79 Å². The topological polar surface area (TPSA) is 17.1 Å². The van der Waals surface area contributed by atoms with E-state index in [0.717, 1.165) is 34.1 Å². The quantitative estimate of drug-likeness (QED) is 0.0998. The lowest BCUT2D eigenvalue weighted by molar-refractivity contribution is 0.103. The third-order valence-electron chi connectivity index (χ3n) is 3.32. The van der Waals surface area contributed by atoms with Crippen LogP contribution in [0.4, 0.5) is 0 Å². The van der Waals surface area contributed by atoms with Gasteiger partial charge in [-0.15, -0.1) is 36.7 Å². The molecule has 25 heavy (non-hydrogen) atoms. The minimum absolute atomic E-state index is 0.0366. The van der Waals surface area contributed by atoms with Crippen molar-refractivity contribution < 1.29 is 4.79 Å². The molecule has 0 spiro atoms. The van der Waals surface area contributed by atoms with Crippen LogP contribution in [-0.2, 0) is 0 Å². The summed E-state index contributed by atoms with van der Waals surface area (Å²) in [7, 11) is 0. The summed E-state index contributed by atoms with van der Waals surface area (Å²) in [6, 6.07) is 7.71. The molecule has 132 valence electrons. The molecule has 0 heterocycles. The number of hydrogen-bond acceptors (Lipinski definition) is 3. The smallest absolute Gasteiger partial charge is 0.192 e. The van der Waals surface area contributed by atoms with Crippen LogP contribution in [0.5, 0.6) is 0 Å². The first-order valence-electron chi connectivity index (χ1n) is 8.27. The molecule has 0 atom stereocenters. The molecule has 0 N–H and O–H groups in total. The fraction of sp³-hybridized carbons (Fsp3) is 0.227. The summed E-state index contributed by atoms with van der Waals surface area (Å²) in [5, 5.41) is 0. The maximum atomic E-state index is 12.5. The average molecular weight is 371 g/mol. The Morgan fingerprint density at radius 3 is 2.28 bits per heavy atom. The van der Waals surface area contributed by atoms with E-state index in [2.05, 4.69) is 19.7 Å². The van der Waals surface area contributed by atoms with E-state index in [4.69, 9.17) is 0 Å². The minimum atomic E-state index is -0.0366. The number of rotatable bonds is 12. The Bertz CT molecular complexity index is 651. The summed E-state index contributed by atoms with van der Waals surface area (Å²) in [6.07, 6.45) is 11.6. The Morgan fingerprint density at radius 1 is 1.04 bits per heavy atom. The van der Waals surface area contributed by atoms with Gasteiger partial charge >= 0.3 is 0 Å². The highest BCUT2D eigenvalue weighted by Gasteiger charge is 2.08. The molecular formula is C22H26OS2. The molecule has 0 unspecified atom stereocenters. The standard InChI is InChI=1S/C22H26OS2/c1-5-8-16-24-20(7-3)13-10-18(4)22(23)19-11-14-21(15-12-19)25-17-9-6-2/h5-7,10-15H,1-2,4,8-9,16-17H2,3H3/b13-10-,20-7+. The summed E-state index contributed by atoms with van der Waals surface area (Å²) < 4.78 is 0. The number of allylic oxidation sites excluding steroid dienone is 6. The van der Waals surface area contributed by atoms with E-state index in [1.165, 1.54) is 0 Å². The van der Waals surface area contributed by atoms with E-state index in [-0.39, 0.29) is 5.78 Å². The summed E-state index contributed by atoms with van der Waals surface area (Å²) in [6.45, 7) is 13.4. The van der Waals surface area contributed by atoms with E-state index >= 15 is 0 Å². The number of hydrogen-bond donors (Lipinski definition) is 0. The number of carbonyl (C=O) groups is 1. The Kier molecular flexibility index (Phi) is 10.8. The number of carbonyl (C=O) groups excluding carboxylic acids is 1. The van der Waals surface area contributed by atoms with Crippen molar-refractivity contribution in [2.24, 2.45) is 0 Å². The van der Waals surface area contributed by atoms with Crippen molar-refractivity contribution in [1.29, 1.82) is 0 Å². The molecule has 0 saturated carbocycles. The summed E-state index contributed by atoms with van der Waals surface area (Å²) in [4.78, 5) is 14.8. The van der Waals surface area contributed by atoms with E-state index in [1.54, 1.807) is 29.6 Å². The van der Waals surface area contributed by atoms with Crippen LogP contribution in [0.2, 0.25) is 0 Å². The predicted octanol–water partition coefficient (Wildman–Crippen LogP) is 6.86. The molecule has 0 bridgehead atoms. The molecule has 0 amide bonds. The van der Waals surface area contributed by atoms with Crippen molar-refractivity contribution in [3.05, 3.63) is 90.4 Å². The normalized spacial score (nSPS) is 11.5. The number of thioether (sulfide) groups is 2. The van der Waals surface area contributed by atoms with Crippen LogP contribution in [0, 0.1) is 0 Å². The molecule has 0 fully saturated rings. The zero-order valence-corrected chi connectivity index (χ0v) is 16.5. The summed E-state index contributed by atoms with van der Waals surface area (Å²) in [5.41, 5.74) is 1.17. The molecule has 0 radical (unpaired) electrons. The third kappa shape index (κ3) is 8.28. The molecule has 3 heteroatoms. The molecule has 0 aliphatic rings. The number of ketones is 1. The van der Waals surface area contributed by atoms with E-state index in [0.29, 0.717) is 11.1 Å². The van der Waals surface area contributed by atoms with Crippen molar-refractivity contribution >= 4 is 29.3 Å². The third-order valence-corrected chi connectivity index (χ3v) is 5.51. The maximum absolute atomic E-state index is 12.5. The fourth-order valence-corrected chi connectivity index (χ4v) is 3.59. The maximum Gasteiger partial charge on any atom is 0.192 e. The van der Waals surface area contributed by atoms with E-state index < -0.39 is 0 Å².